The third-order valence-electron chi connectivity index (χ3n) is 1.47. The Bertz CT molecular complexity index is 242. The Balaban J connectivity index is 2.19. The minimum Gasteiger partial charge on any atom is -0.445 e. The van der Waals surface area contributed by atoms with Crippen LogP contribution in [0.4, 0.5) is 0 Å². The van der Waals surface area contributed by atoms with Crippen molar-refractivity contribution >= 4 is 0 Å². The molecule has 0 atom stereocenters. The minimum absolute atomic E-state index is 0.696. The van der Waals surface area contributed by atoms with Gasteiger partial charge in [-0.3, -0.25) is 0 Å². The van der Waals surface area contributed by atoms with Gasteiger partial charge in [0.1, 0.15) is 5.76 Å². The van der Waals surface area contributed by atoms with Gasteiger partial charge in [0.15, 0.2) is 0 Å². The van der Waals surface area contributed by atoms with Gasteiger partial charge in [-0.05, 0) is 19.9 Å². The predicted molar refractivity (Wildman–Crippen MR) is 47.8 cm³/mol. The molecule has 1 rings (SSSR count). The molecule has 0 radical (unpaired) electrons. The Morgan fingerprint density at radius 2 is 2.58 bits per heavy atom. The number of nitrogens with zero attached hydrogens (tertiary/aromatic N) is 1. The van der Waals surface area contributed by atoms with Crippen LogP contribution in [0.1, 0.15) is 18.1 Å². The summed E-state index contributed by atoms with van der Waals surface area (Å²) in [4.78, 5) is 4.06. The third kappa shape index (κ3) is 2.88. The molecule has 0 amide bonds. The molecule has 66 valence electrons. The SMILES string of the molecule is C=CCCNCc1ncc(C)o1. The first kappa shape index (κ1) is 9.00. The van der Waals surface area contributed by atoms with Gasteiger partial charge in [-0.15, -0.1) is 6.58 Å². The van der Waals surface area contributed by atoms with E-state index in [4.69, 9.17) is 4.42 Å². The fourth-order valence-electron chi connectivity index (χ4n) is 0.883. The molecule has 0 aromatic carbocycles. The van der Waals surface area contributed by atoms with Gasteiger partial charge >= 0.3 is 0 Å². The van der Waals surface area contributed by atoms with Crippen molar-refractivity contribution in [2.45, 2.75) is 19.9 Å². The van der Waals surface area contributed by atoms with Gasteiger partial charge < -0.3 is 9.73 Å². The van der Waals surface area contributed by atoms with Crippen LogP contribution in [0.3, 0.4) is 0 Å². The first-order valence-corrected chi connectivity index (χ1v) is 4.06. The second-order valence-corrected chi connectivity index (χ2v) is 2.62. The molecule has 0 unspecified atom stereocenters. The Morgan fingerprint density at radius 3 is 3.17 bits per heavy atom. The fraction of sp³-hybridized carbons (Fsp3) is 0.444. The van der Waals surface area contributed by atoms with Crippen molar-refractivity contribution in [3.63, 3.8) is 0 Å². The first-order valence-electron chi connectivity index (χ1n) is 4.06. The van der Waals surface area contributed by atoms with Gasteiger partial charge in [0.05, 0.1) is 12.7 Å². The molecule has 1 heterocycles. The van der Waals surface area contributed by atoms with Crippen LogP contribution in [0.25, 0.3) is 0 Å². The zero-order valence-corrected chi connectivity index (χ0v) is 7.34. The maximum atomic E-state index is 5.26. The number of rotatable bonds is 5. The van der Waals surface area contributed by atoms with Crippen LogP contribution in [0.2, 0.25) is 0 Å². The van der Waals surface area contributed by atoms with Crippen molar-refractivity contribution in [1.82, 2.24) is 10.3 Å². The molecule has 0 bridgehead atoms. The predicted octanol–water partition coefficient (Wildman–Crippen LogP) is 1.65. The Labute approximate surface area is 72.5 Å². The van der Waals surface area contributed by atoms with Gasteiger partial charge in [0, 0.05) is 0 Å². The summed E-state index contributed by atoms with van der Waals surface area (Å²) in [7, 11) is 0. The summed E-state index contributed by atoms with van der Waals surface area (Å²) in [6.45, 7) is 7.14. The third-order valence-corrected chi connectivity index (χ3v) is 1.47. The molecular formula is C9H14N2O. The number of aryl methyl sites for hydroxylation is 1. The van der Waals surface area contributed by atoms with Crippen LogP contribution in [0.15, 0.2) is 23.3 Å². The molecular weight excluding hydrogens is 152 g/mol. The number of aromatic nitrogens is 1. The van der Waals surface area contributed by atoms with E-state index in [-0.39, 0.29) is 0 Å². The lowest BCUT2D eigenvalue weighted by molar-refractivity contribution is 0.451. The van der Waals surface area contributed by atoms with Crippen molar-refractivity contribution < 1.29 is 4.42 Å². The van der Waals surface area contributed by atoms with Crippen LogP contribution in [0.5, 0.6) is 0 Å². The molecule has 0 saturated heterocycles. The monoisotopic (exact) mass is 166 g/mol. The molecule has 0 saturated carbocycles. The summed E-state index contributed by atoms with van der Waals surface area (Å²) in [6, 6.07) is 0. The van der Waals surface area contributed by atoms with Crippen LogP contribution in [0, 0.1) is 6.92 Å². The highest BCUT2D eigenvalue weighted by molar-refractivity contribution is 4.90. The molecule has 0 aliphatic rings. The second-order valence-electron chi connectivity index (χ2n) is 2.62. The molecule has 0 aliphatic carbocycles. The van der Waals surface area contributed by atoms with E-state index in [0.717, 1.165) is 24.6 Å². The molecule has 1 aromatic heterocycles. The van der Waals surface area contributed by atoms with E-state index in [9.17, 15) is 0 Å². The smallest absolute Gasteiger partial charge is 0.208 e. The normalized spacial score (nSPS) is 10.1. The average molecular weight is 166 g/mol. The molecule has 0 aliphatic heterocycles. The molecule has 0 spiro atoms. The van der Waals surface area contributed by atoms with Crippen LogP contribution >= 0.6 is 0 Å². The van der Waals surface area contributed by atoms with Crippen LogP contribution in [-0.4, -0.2) is 11.5 Å². The molecule has 0 fully saturated rings. The van der Waals surface area contributed by atoms with Crippen molar-refractivity contribution in [2.75, 3.05) is 6.54 Å². The van der Waals surface area contributed by atoms with Gasteiger partial charge in [0.25, 0.3) is 0 Å². The van der Waals surface area contributed by atoms with Gasteiger partial charge in [-0.25, -0.2) is 4.98 Å². The zero-order chi connectivity index (χ0) is 8.81. The summed E-state index contributed by atoms with van der Waals surface area (Å²) in [5, 5.41) is 3.19. The highest BCUT2D eigenvalue weighted by Crippen LogP contribution is 2.00. The van der Waals surface area contributed by atoms with Crippen molar-refractivity contribution in [1.29, 1.82) is 0 Å². The fourth-order valence-corrected chi connectivity index (χ4v) is 0.883. The standard InChI is InChI=1S/C9H14N2O/c1-3-4-5-10-7-9-11-6-8(2)12-9/h3,6,10H,1,4-5,7H2,2H3. The van der Waals surface area contributed by atoms with Gasteiger partial charge in [-0.2, -0.15) is 0 Å². The minimum atomic E-state index is 0.696. The molecule has 3 nitrogen and oxygen atoms in total. The van der Waals surface area contributed by atoms with E-state index in [0.29, 0.717) is 6.54 Å². The van der Waals surface area contributed by atoms with E-state index in [1.807, 2.05) is 13.0 Å². The second kappa shape index (κ2) is 4.72. The van der Waals surface area contributed by atoms with E-state index in [2.05, 4.69) is 16.9 Å². The quantitative estimate of drug-likeness (QED) is 0.534. The van der Waals surface area contributed by atoms with Crippen molar-refractivity contribution in [3.05, 3.63) is 30.5 Å². The zero-order valence-electron chi connectivity index (χ0n) is 7.34. The van der Waals surface area contributed by atoms with E-state index in [1.165, 1.54) is 0 Å². The highest BCUT2D eigenvalue weighted by atomic mass is 16.4. The number of hydrogen-bond acceptors (Lipinski definition) is 3. The lowest BCUT2D eigenvalue weighted by Gasteiger charge is -1.97. The maximum Gasteiger partial charge on any atom is 0.208 e. The number of oxazole rings is 1. The summed E-state index contributed by atoms with van der Waals surface area (Å²) < 4.78 is 5.26. The molecule has 1 N–H and O–H groups in total. The van der Waals surface area contributed by atoms with E-state index in [1.54, 1.807) is 6.20 Å². The molecule has 1 aromatic rings. The van der Waals surface area contributed by atoms with Crippen LogP contribution < -0.4 is 5.32 Å². The van der Waals surface area contributed by atoms with Gasteiger partial charge in [0.2, 0.25) is 5.89 Å². The van der Waals surface area contributed by atoms with E-state index >= 15 is 0 Å². The van der Waals surface area contributed by atoms with E-state index < -0.39 is 0 Å². The molecule has 12 heavy (non-hydrogen) atoms. The Morgan fingerprint density at radius 1 is 1.75 bits per heavy atom. The Hall–Kier alpha value is -1.09. The van der Waals surface area contributed by atoms with Gasteiger partial charge in [-0.1, -0.05) is 6.08 Å². The first-order chi connectivity index (χ1) is 5.83. The summed E-state index contributed by atoms with van der Waals surface area (Å²) in [5.74, 6) is 1.60. The summed E-state index contributed by atoms with van der Waals surface area (Å²) >= 11 is 0. The number of nitrogens with one attached hydrogen (secondary N) is 1. The lowest BCUT2D eigenvalue weighted by atomic mass is 10.4. The largest absolute Gasteiger partial charge is 0.445 e. The van der Waals surface area contributed by atoms with Crippen LogP contribution in [-0.2, 0) is 6.54 Å². The Kier molecular flexibility index (Phi) is 3.54. The lowest BCUT2D eigenvalue weighted by Crippen LogP contribution is -2.14. The summed E-state index contributed by atoms with van der Waals surface area (Å²) in [5.41, 5.74) is 0. The highest BCUT2D eigenvalue weighted by Gasteiger charge is 1.97. The average Bonchev–Trinajstić information content (AvgIpc) is 2.45. The maximum absolute atomic E-state index is 5.26. The topological polar surface area (TPSA) is 38.1 Å². The van der Waals surface area contributed by atoms with Crippen molar-refractivity contribution in [2.24, 2.45) is 0 Å². The summed E-state index contributed by atoms with van der Waals surface area (Å²) in [6.07, 6.45) is 4.58. The molecule has 3 heteroatoms. The number of hydrogen-bond donors (Lipinski definition) is 1. The van der Waals surface area contributed by atoms with Crippen molar-refractivity contribution in [3.8, 4) is 0 Å².